The lowest BCUT2D eigenvalue weighted by Crippen LogP contribution is -2.31. The zero-order chi connectivity index (χ0) is 19.2. The third-order valence-electron chi connectivity index (χ3n) is 5.14. The fourth-order valence-electron chi connectivity index (χ4n) is 3.82. The highest BCUT2D eigenvalue weighted by Crippen LogP contribution is 2.39. The van der Waals surface area contributed by atoms with Crippen LogP contribution in [-0.4, -0.2) is 38.8 Å². The van der Waals surface area contributed by atoms with Crippen molar-refractivity contribution in [2.75, 3.05) is 33.9 Å². The summed E-state index contributed by atoms with van der Waals surface area (Å²) in [5, 5.41) is 0.746. The summed E-state index contributed by atoms with van der Waals surface area (Å²) in [7, 11) is 3.41. The number of hydrogen-bond acceptors (Lipinski definition) is 3. The number of piperidine rings is 1. The van der Waals surface area contributed by atoms with E-state index in [0.717, 1.165) is 53.6 Å². The van der Waals surface area contributed by atoms with Gasteiger partial charge in [0.15, 0.2) is 0 Å². The van der Waals surface area contributed by atoms with Crippen LogP contribution >= 0.6 is 11.6 Å². The molecule has 1 aliphatic rings. The van der Waals surface area contributed by atoms with E-state index in [1.54, 1.807) is 14.2 Å². The molecule has 1 saturated heterocycles. The molecule has 0 amide bonds. The van der Waals surface area contributed by atoms with Gasteiger partial charge in [-0.15, -0.1) is 0 Å². The van der Waals surface area contributed by atoms with Crippen molar-refractivity contribution in [1.29, 1.82) is 0 Å². The number of benzene rings is 2. The summed E-state index contributed by atoms with van der Waals surface area (Å²) in [6, 6.07) is 14.1. The van der Waals surface area contributed by atoms with Gasteiger partial charge < -0.3 is 14.4 Å². The number of methoxy groups -OCH3 is 2. The van der Waals surface area contributed by atoms with Gasteiger partial charge in [0.05, 0.1) is 14.2 Å². The Morgan fingerprint density at radius 2 is 1.81 bits per heavy atom. The molecule has 27 heavy (non-hydrogen) atoms. The molecule has 0 spiro atoms. The molecule has 0 unspecified atom stereocenters. The van der Waals surface area contributed by atoms with Crippen LogP contribution in [0.4, 0.5) is 0 Å². The van der Waals surface area contributed by atoms with Gasteiger partial charge >= 0.3 is 0 Å². The minimum atomic E-state index is 0.746. The summed E-state index contributed by atoms with van der Waals surface area (Å²) >= 11 is 6.33. The number of hydrogen-bond donors (Lipinski definition) is 0. The molecule has 0 bridgehead atoms. The molecule has 0 aliphatic carbocycles. The first-order valence-corrected chi connectivity index (χ1v) is 9.96. The highest BCUT2D eigenvalue weighted by Gasteiger charge is 2.21. The van der Waals surface area contributed by atoms with Gasteiger partial charge in [-0.2, -0.15) is 0 Å². The minimum Gasteiger partial charge on any atom is -0.497 e. The summed E-state index contributed by atoms with van der Waals surface area (Å²) in [5.74, 6) is 1.68. The van der Waals surface area contributed by atoms with Crippen LogP contribution < -0.4 is 9.47 Å². The number of halogens is 1. The van der Waals surface area contributed by atoms with Gasteiger partial charge in [-0.25, -0.2) is 0 Å². The average molecular weight is 386 g/mol. The molecule has 144 valence electrons. The zero-order valence-electron chi connectivity index (χ0n) is 16.4. The van der Waals surface area contributed by atoms with E-state index in [2.05, 4.69) is 24.0 Å². The van der Waals surface area contributed by atoms with E-state index in [9.17, 15) is 0 Å². The molecule has 1 aliphatic heterocycles. The molecule has 3 rings (SSSR count). The van der Waals surface area contributed by atoms with Crippen molar-refractivity contribution in [1.82, 2.24) is 4.90 Å². The van der Waals surface area contributed by atoms with Crippen molar-refractivity contribution in [3.8, 4) is 11.5 Å². The first-order valence-electron chi connectivity index (χ1n) is 9.59. The number of nitrogens with zero attached hydrogens (tertiary/aromatic N) is 1. The van der Waals surface area contributed by atoms with Gasteiger partial charge in [0, 0.05) is 23.7 Å². The third kappa shape index (κ3) is 4.66. The van der Waals surface area contributed by atoms with E-state index in [1.165, 1.54) is 24.1 Å². The molecular weight excluding hydrogens is 358 g/mol. The molecule has 0 atom stereocenters. The number of ether oxygens (including phenoxy) is 2. The van der Waals surface area contributed by atoms with Crippen molar-refractivity contribution in [3.63, 3.8) is 0 Å². The summed E-state index contributed by atoms with van der Waals surface area (Å²) in [6.07, 6.45) is 3.31. The lowest BCUT2D eigenvalue weighted by atomic mass is 9.87. The van der Waals surface area contributed by atoms with E-state index in [-0.39, 0.29) is 0 Å². The van der Waals surface area contributed by atoms with E-state index < -0.39 is 0 Å². The molecule has 0 radical (unpaired) electrons. The summed E-state index contributed by atoms with van der Waals surface area (Å²) < 4.78 is 11.2. The van der Waals surface area contributed by atoms with Gasteiger partial charge in [-0.3, -0.25) is 0 Å². The second kappa shape index (κ2) is 9.29. The topological polar surface area (TPSA) is 21.7 Å². The van der Waals surface area contributed by atoms with Gasteiger partial charge in [-0.1, -0.05) is 36.2 Å². The Bertz CT molecular complexity index is 806. The zero-order valence-corrected chi connectivity index (χ0v) is 17.2. The normalized spacial score (nSPS) is 14.9. The minimum absolute atomic E-state index is 0.746. The Morgan fingerprint density at radius 1 is 1.04 bits per heavy atom. The second-order valence-electron chi connectivity index (χ2n) is 6.90. The largest absolute Gasteiger partial charge is 0.497 e. The molecule has 1 heterocycles. The summed E-state index contributed by atoms with van der Waals surface area (Å²) in [5.41, 5.74) is 4.88. The predicted molar refractivity (Wildman–Crippen MR) is 113 cm³/mol. The molecule has 0 N–H and O–H groups in total. The summed E-state index contributed by atoms with van der Waals surface area (Å²) in [6.45, 7) is 5.60. The first-order chi connectivity index (χ1) is 13.2. The SMILES string of the molecule is CCCN1CCC(=C(c2cccc(Cl)c2)c2cc(OC)ccc2OC)CC1. The van der Waals surface area contributed by atoms with E-state index in [1.807, 2.05) is 30.3 Å². The van der Waals surface area contributed by atoms with Crippen LogP contribution in [-0.2, 0) is 0 Å². The van der Waals surface area contributed by atoms with Crippen molar-refractivity contribution in [3.05, 3.63) is 64.2 Å². The van der Waals surface area contributed by atoms with Crippen LogP contribution in [0.2, 0.25) is 5.02 Å². The van der Waals surface area contributed by atoms with Crippen molar-refractivity contribution < 1.29 is 9.47 Å². The second-order valence-corrected chi connectivity index (χ2v) is 7.33. The maximum atomic E-state index is 6.33. The third-order valence-corrected chi connectivity index (χ3v) is 5.38. The predicted octanol–water partition coefficient (Wildman–Crippen LogP) is 5.66. The molecule has 4 heteroatoms. The molecule has 2 aromatic carbocycles. The number of likely N-dealkylation sites (tertiary alicyclic amines) is 1. The number of rotatable bonds is 6. The van der Waals surface area contributed by atoms with Crippen molar-refractivity contribution in [2.24, 2.45) is 0 Å². The van der Waals surface area contributed by atoms with Gasteiger partial charge in [0.1, 0.15) is 11.5 Å². The molecule has 0 saturated carbocycles. The quantitative estimate of drug-likeness (QED) is 0.639. The fraction of sp³-hybridized carbons (Fsp3) is 0.391. The Labute approximate surface area is 167 Å². The lowest BCUT2D eigenvalue weighted by Gasteiger charge is -2.30. The molecule has 3 nitrogen and oxygen atoms in total. The highest BCUT2D eigenvalue weighted by atomic mass is 35.5. The highest BCUT2D eigenvalue weighted by molar-refractivity contribution is 6.30. The average Bonchev–Trinajstić information content (AvgIpc) is 2.70. The van der Waals surface area contributed by atoms with Gasteiger partial charge in [-0.05, 0) is 67.3 Å². The van der Waals surface area contributed by atoms with Crippen LogP contribution in [0.5, 0.6) is 11.5 Å². The van der Waals surface area contributed by atoms with Crippen LogP contribution in [0.15, 0.2) is 48.0 Å². The Kier molecular flexibility index (Phi) is 6.81. The monoisotopic (exact) mass is 385 g/mol. The smallest absolute Gasteiger partial charge is 0.126 e. The van der Waals surface area contributed by atoms with E-state index in [0.29, 0.717) is 0 Å². The van der Waals surface area contributed by atoms with Crippen LogP contribution in [0.25, 0.3) is 5.57 Å². The molecule has 1 fully saturated rings. The molecule has 0 aromatic heterocycles. The Morgan fingerprint density at radius 3 is 2.44 bits per heavy atom. The maximum absolute atomic E-state index is 6.33. The lowest BCUT2D eigenvalue weighted by molar-refractivity contribution is 0.257. The molecule has 2 aromatic rings. The maximum Gasteiger partial charge on any atom is 0.126 e. The van der Waals surface area contributed by atoms with Gasteiger partial charge in [0.2, 0.25) is 0 Å². The fourth-order valence-corrected chi connectivity index (χ4v) is 4.01. The van der Waals surface area contributed by atoms with Gasteiger partial charge in [0.25, 0.3) is 0 Å². The standard InChI is InChI=1S/C23H28ClNO2/c1-4-12-25-13-10-17(11-14-25)23(18-6-5-7-19(24)15-18)21-16-20(26-2)8-9-22(21)27-3/h5-9,15-16H,4,10-14H2,1-3H3. The van der Waals surface area contributed by atoms with Crippen LogP contribution in [0.3, 0.4) is 0 Å². The van der Waals surface area contributed by atoms with Crippen LogP contribution in [0, 0.1) is 0 Å². The summed E-state index contributed by atoms with van der Waals surface area (Å²) in [4.78, 5) is 2.54. The Balaban J connectivity index is 2.11. The first kappa shape index (κ1) is 19.8. The van der Waals surface area contributed by atoms with E-state index >= 15 is 0 Å². The molecular formula is C23H28ClNO2. The van der Waals surface area contributed by atoms with E-state index in [4.69, 9.17) is 21.1 Å². The van der Waals surface area contributed by atoms with Crippen molar-refractivity contribution in [2.45, 2.75) is 26.2 Å². The van der Waals surface area contributed by atoms with Crippen LogP contribution in [0.1, 0.15) is 37.3 Å². The van der Waals surface area contributed by atoms with Crippen molar-refractivity contribution >= 4 is 17.2 Å². The Hall–Kier alpha value is -1.97.